The van der Waals surface area contributed by atoms with Crippen LogP contribution < -0.4 is 11.1 Å². The maximum atomic E-state index is 11.1. The van der Waals surface area contributed by atoms with Crippen LogP contribution in [0.15, 0.2) is 22.7 Å². The summed E-state index contributed by atoms with van der Waals surface area (Å²) in [7, 11) is 0. The molecule has 100 valence electrons. The summed E-state index contributed by atoms with van der Waals surface area (Å²) >= 11 is 0. The van der Waals surface area contributed by atoms with Crippen LogP contribution in [0.5, 0.6) is 0 Å². The van der Waals surface area contributed by atoms with Crippen molar-refractivity contribution < 1.29 is 9.32 Å². The summed E-state index contributed by atoms with van der Waals surface area (Å²) in [6.45, 7) is 6.37. The molecule has 1 heterocycles. The number of aryl methyl sites for hydroxylation is 3. The zero-order valence-electron chi connectivity index (χ0n) is 11.3. The number of hydrogen-bond acceptors (Lipinski definition) is 4. The topological polar surface area (TPSA) is 81.2 Å². The molecule has 1 aromatic carbocycles. The van der Waals surface area contributed by atoms with E-state index in [2.05, 4.69) is 10.5 Å². The molecule has 0 aliphatic rings. The highest BCUT2D eigenvalue weighted by Gasteiger charge is 2.09. The van der Waals surface area contributed by atoms with Gasteiger partial charge in [0.25, 0.3) is 0 Å². The number of amides is 1. The van der Waals surface area contributed by atoms with Gasteiger partial charge in [0.05, 0.1) is 5.69 Å². The molecule has 5 nitrogen and oxygen atoms in total. The molecule has 0 spiro atoms. The summed E-state index contributed by atoms with van der Waals surface area (Å²) in [6.07, 6.45) is 0. The smallest absolute Gasteiger partial charge is 0.248 e. The standard InChI is InChI=1S/C14H17N3O2/c1-8-6-11(14(15)18)4-5-13(8)16-7-12-9(2)17-19-10(12)3/h4-6,16H,7H2,1-3H3,(H2,15,18). The summed E-state index contributed by atoms with van der Waals surface area (Å²) in [5.74, 6) is 0.400. The van der Waals surface area contributed by atoms with Crippen molar-refractivity contribution in [2.24, 2.45) is 5.73 Å². The molecule has 0 aliphatic carbocycles. The number of carbonyl (C=O) groups excluding carboxylic acids is 1. The lowest BCUT2D eigenvalue weighted by Gasteiger charge is -2.10. The van der Waals surface area contributed by atoms with Crippen molar-refractivity contribution in [1.82, 2.24) is 5.16 Å². The van der Waals surface area contributed by atoms with E-state index in [0.29, 0.717) is 12.1 Å². The maximum Gasteiger partial charge on any atom is 0.248 e. The molecule has 0 fully saturated rings. The fourth-order valence-electron chi connectivity index (χ4n) is 1.95. The number of rotatable bonds is 4. The van der Waals surface area contributed by atoms with Gasteiger partial charge in [-0.15, -0.1) is 0 Å². The molecule has 1 amide bonds. The van der Waals surface area contributed by atoms with Gasteiger partial charge in [0, 0.05) is 23.4 Å². The lowest BCUT2D eigenvalue weighted by molar-refractivity contribution is 0.1000. The summed E-state index contributed by atoms with van der Waals surface area (Å²) in [4.78, 5) is 11.1. The fourth-order valence-corrected chi connectivity index (χ4v) is 1.95. The summed E-state index contributed by atoms with van der Waals surface area (Å²) in [5.41, 5.74) is 9.64. The fraction of sp³-hybridized carbons (Fsp3) is 0.286. The van der Waals surface area contributed by atoms with Crippen molar-refractivity contribution in [3.63, 3.8) is 0 Å². The quantitative estimate of drug-likeness (QED) is 0.882. The lowest BCUT2D eigenvalue weighted by atomic mass is 10.1. The first-order chi connectivity index (χ1) is 8.99. The minimum absolute atomic E-state index is 0.416. The molecular weight excluding hydrogens is 242 g/mol. The molecule has 3 N–H and O–H groups in total. The normalized spacial score (nSPS) is 10.5. The summed E-state index contributed by atoms with van der Waals surface area (Å²) in [6, 6.07) is 5.34. The highest BCUT2D eigenvalue weighted by molar-refractivity contribution is 5.93. The minimum atomic E-state index is -0.416. The van der Waals surface area contributed by atoms with E-state index in [0.717, 1.165) is 28.3 Å². The van der Waals surface area contributed by atoms with E-state index in [4.69, 9.17) is 10.3 Å². The van der Waals surface area contributed by atoms with Gasteiger partial charge in [0.2, 0.25) is 5.91 Å². The second-order valence-corrected chi connectivity index (χ2v) is 4.55. The molecule has 0 atom stereocenters. The van der Waals surface area contributed by atoms with E-state index in [1.54, 1.807) is 12.1 Å². The van der Waals surface area contributed by atoms with Crippen LogP contribution in [-0.2, 0) is 6.54 Å². The lowest BCUT2D eigenvalue weighted by Crippen LogP contribution is -2.11. The van der Waals surface area contributed by atoms with E-state index >= 15 is 0 Å². The molecule has 5 heteroatoms. The Bertz CT molecular complexity index is 598. The number of carbonyl (C=O) groups is 1. The third-order valence-electron chi connectivity index (χ3n) is 3.15. The average Bonchev–Trinajstić information content (AvgIpc) is 2.68. The van der Waals surface area contributed by atoms with Crippen molar-refractivity contribution in [1.29, 1.82) is 0 Å². The van der Waals surface area contributed by atoms with Crippen molar-refractivity contribution in [3.8, 4) is 0 Å². The molecule has 1 aromatic heterocycles. The van der Waals surface area contributed by atoms with Crippen molar-refractivity contribution >= 4 is 11.6 Å². The highest BCUT2D eigenvalue weighted by atomic mass is 16.5. The van der Waals surface area contributed by atoms with Crippen molar-refractivity contribution in [2.45, 2.75) is 27.3 Å². The maximum absolute atomic E-state index is 11.1. The Kier molecular flexibility index (Phi) is 3.55. The number of primary amides is 1. The van der Waals surface area contributed by atoms with Crippen LogP contribution in [0.1, 0.15) is 32.9 Å². The van der Waals surface area contributed by atoms with E-state index in [9.17, 15) is 4.79 Å². The van der Waals surface area contributed by atoms with Crippen LogP contribution in [0.4, 0.5) is 5.69 Å². The van der Waals surface area contributed by atoms with Crippen LogP contribution in [-0.4, -0.2) is 11.1 Å². The van der Waals surface area contributed by atoms with E-state index in [-0.39, 0.29) is 0 Å². The van der Waals surface area contributed by atoms with Gasteiger partial charge in [0.1, 0.15) is 5.76 Å². The molecule has 0 radical (unpaired) electrons. The predicted octanol–water partition coefficient (Wildman–Crippen LogP) is 2.31. The van der Waals surface area contributed by atoms with Gasteiger partial charge in [-0.1, -0.05) is 5.16 Å². The van der Waals surface area contributed by atoms with Gasteiger partial charge in [-0.3, -0.25) is 4.79 Å². The first-order valence-corrected chi connectivity index (χ1v) is 6.05. The molecule has 0 saturated carbocycles. The summed E-state index contributed by atoms with van der Waals surface area (Å²) in [5, 5.41) is 7.22. The zero-order chi connectivity index (χ0) is 14.0. The molecule has 19 heavy (non-hydrogen) atoms. The predicted molar refractivity (Wildman–Crippen MR) is 73.0 cm³/mol. The molecule has 0 bridgehead atoms. The van der Waals surface area contributed by atoms with E-state index in [1.165, 1.54) is 0 Å². The molecule has 2 rings (SSSR count). The monoisotopic (exact) mass is 259 g/mol. The van der Waals surface area contributed by atoms with Gasteiger partial charge >= 0.3 is 0 Å². The second-order valence-electron chi connectivity index (χ2n) is 4.55. The largest absolute Gasteiger partial charge is 0.381 e. The number of nitrogens with zero attached hydrogens (tertiary/aromatic N) is 1. The number of nitrogens with one attached hydrogen (secondary N) is 1. The molecule has 2 aromatic rings. The van der Waals surface area contributed by atoms with Gasteiger partial charge in [-0.05, 0) is 44.5 Å². The highest BCUT2D eigenvalue weighted by Crippen LogP contribution is 2.19. The Hall–Kier alpha value is -2.30. The van der Waals surface area contributed by atoms with Crippen LogP contribution in [0.3, 0.4) is 0 Å². The zero-order valence-corrected chi connectivity index (χ0v) is 11.3. The molecule has 0 saturated heterocycles. The second kappa shape index (κ2) is 5.14. The number of anilines is 1. The average molecular weight is 259 g/mol. The number of nitrogens with two attached hydrogens (primary N) is 1. The minimum Gasteiger partial charge on any atom is -0.381 e. The van der Waals surface area contributed by atoms with Gasteiger partial charge in [-0.25, -0.2) is 0 Å². The van der Waals surface area contributed by atoms with Crippen LogP contribution >= 0.6 is 0 Å². The van der Waals surface area contributed by atoms with Crippen molar-refractivity contribution in [3.05, 3.63) is 46.3 Å². The number of hydrogen-bond donors (Lipinski definition) is 2. The molecule has 0 aliphatic heterocycles. The van der Waals surface area contributed by atoms with E-state index in [1.807, 2.05) is 26.8 Å². The third-order valence-corrected chi connectivity index (χ3v) is 3.15. The number of aromatic nitrogens is 1. The van der Waals surface area contributed by atoms with Gasteiger partial charge in [-0.2, -0.15) is 0 Å². The SMILES string of the molecule is Cc1cc(C(N)=O)ccc1NCc1c(C)noc1C. The Morgan fingerprint density at radius 1 is 1.37 bits per heavy atom. The third kappa shape index (κ3) is 2.76. The Morgan fingerprint density at radius 2 is 2.11 bits per heavy atom. The van der Waals surface area contributed by atoms with Gasteiger partial charge in [0.15, 0.2) is 0 Å². The van der Waals surface area contributed by atoms with Crippen LogP contribution in [0.25, 0.3) is 0 Å². The first-order valence-electron chi connectivity index (χ1n) is 6.05. The van der Waals surface area contributed by atoms with Crippen LogP contribution in [0.2, 0.25) is 0 Å². The molecule has 0 unspecified atom stereocenters. The Morgan fingerprint density at radius 3 is 2.63 bits per heavy atom. The number of benzene rings is 1. The van der Waals surface area contributed by atoms with Crippen molar-refractivity contribution in [2.75, 3.05) is 5.32 Å². The van der Waals surface area contributed by atoms with E-state index < -0.39 is 5.91 Å². The molecular formula is C14H17N3O2. The summed E-state index contributed by atoms with van der Waals surface area (Å²) < 4.78 is 5.11. The first kappa shape index (κ1) is 13.1. The Balaban J connectivity index is 2.14. The van der Waals surface area contributed by atoms with Crippen LogP contribution in [0, 0.1) is 20.8 Å². The van der Waals surface area contributed by atoms with Gasteiger partial charge < -0.3 is 15.6 Å². The Labute approximate surface area is 111 Å².